The van der Waals surface area contributed by atoms with E-state index in [2.05, 4.69) is 10.6 Å². The van der Waals surface area contributed by atoms with Crippen molar-refractivity contribution in [3.8, 4) is 0 Å². The lowest BCUT2D eigenvalue weighted by atomic mass is 10.1. The van der Waals surface area contributed by atoms with Crippen LogP contribution in [0.2, 0.25) is 5.02 Å². The first kappa shape index (κ1) is 11.6. The van der Waals surface area contributed by atoms with Gasteiger partial charge in [0.2, 0.25) is 5.91 Å². The fraction of sp³-hybridized carbons (Fsp3) is 0.308. The topological polar surface area (TPSA) is 46.1 Å². The molecule has 18 heavy (non-hydrogen) atoms. The number of rotatable bonds is 1. The molecule has 2 N–H and O–H groups in total. The fourth-order valence-corrected chi connectivity index (χ4v) is 2.68. The van der Waals surface area contributed by atoms with Crippen LogP contribution in [0.1, 0.15) is 11.7 Å². The van der Waals surface area contributed by atoms with Gasteiger partial charge in [0, 0.05) is 41.8 Å². The molecule has 0 radical (unpaired) electrons. The molecular formula is C13H14ClN3O. The number of aryl methyl sites for hydroxylation is 1. The predicted octanol–water partition coefficient (Wildman–Crippen LogP) is 1.59. The van der Waals surface area contributed by atoms with E-state index in [1.54, 1.807) is 0 Å². The van der Waals surface area contributed by atoms with Crippen LogP contribution in [-0.4, -0.2) is 23.6 Å². The number of aromatic nitrogens is 1. The molecule has 0 bridgehead atoms. The van der Waals surface area contributed by atoms with Gasteiger partial charge in [-0.3, -0.25) is 10.1 Å². The predicted molar refractivity (Wildman–Crippen MR) is 71.7 cm³/mol. The molecule has 1 atom stereocenters. The summed E-state index contributed by atoms with van der Waals surface area (Å²) in [5, 5.41) is 7.80. The summed E-state index contributed by atoms with van der Waals surface area (Å²) in [7, 11) is 1.96. The number of nitrogens with one attached hydrogen (secondary N) is 2. The van der Waals surface area contributed by atoms with Crippen LogP contribution in [0.3, 0.4) is 0 Å². The van der Waals surface area contributed by atoms with Gasteiger partial charge in [-0.15, -0.1) is 0 Å². The van der Waals surface area contributed by atoms with Gasteiger partial charge in [-0.05, 0) is 18.2 Å². The average molecular weight is 264 g/mol. The quantitative estimate of drug-likeness (QED) is 0.821. The Labute approximate surface area is 110 Å². The normalized spacial score (nSPS) is 20.1. The first-order valence-electron chi connectivity index (χ1n) is 5.93. The molecule has 1 aromatic heterocycles. The van der Waals surface area contributed by atoms with Crippen molar-refractivity contribution < 1.29 is 4.79 Å². The second-order valence-electron chi connectivity index (χ2n) is 4.48. The van der Waals surface area contributed by atoms with Crippen molar-refractivity contribution in [1.29, 1.82) is 0 Å². The van der Waals surface area contributed by atoms with E-state index in [1.165, 1.54) is 0 Å². The van der Waals surface area contributed by atoms with Gasteiger partial charge in [0.05, 0.1) is 0 Å². The van der Waals surface area contributed by atoms with Crippen molar-refractivity contribution in [3.05, 3.63) is 35.0 Å². The number of benzene rings is 1. The second kappa shape index (κ2) is 4.30. The molecule has 3 rings (SSSR count). The minimum atomic E-state index is -0.299. The minimum absolute atomic E-state index is 0.0169. The largest absolute Gasteiger partial charge is 0.353 e. The van der Waals surface area contributed by atoms with Gasteiger partial charge in [-0.25, -0.2) is 0 Å². The maximum absolute atomic E-state index is 11.9. The number of halogens is 1. The number of amides is 1. The number of hydrogen-bond acceptors (Lipinski definition) is 2. The highest BCUT2D eigenvalue weighted by Crippen LogP contribution is 2.29. The average Bonchev–Trinajstić information content (AvgIpc) is 2.70. The number of carbonyl (C=O) groups excluding carboxylic acids is 1. The molecule has 1 amide bonds. The molecule has 1 fully saturated rings. The van der Waals surface area contributed by atoms with Crippen LogP contribution in [0.4, 0.5) is 0 Å². The Bertz CT molecular complexity index is 620. The van der Waals surface area contributed by atoms with Gasteiger partial charge in [0.1, 0.15) is 6.04 Å². The van der Waals surface area contributed by atoms with E-state index in [4.69, 9.17) is 11.6 Å². The van der Waals surface area contributed by atoms with Crippen LogP contribution in [0.15, 0.2) is 24.3 Å². The van der Waals surface area contributed by atoms with Crippen molar-refractivity contribution in [2.45, 2.75) is 6.04 Å². The highest BCUT2D eigenvalue weighted by Gasteiger charge is 2.26. The number of nitrogens with zero attached hydrogens (tertiary/aromatic N) is 1. The van der Waals surface area contributed by atoms with Crippen molar-refractivity contribution in [3.63, 3.8) is 0 Å². The maximum Gasteiger partial charge on any atom is 0.243 e. The van der Waals surface area contributed by atoms with Crippen molar-refractivity contribution in [1.82, 2.24) is 15.2 Å². The van der Waals surface area contributed by atoms with Gasteiger partial charge >= 0.3 is 0 Å². The molecule has 4 nitrogen and oxygen atoms in total. The Morgan fingerprint density at radius 3 is 2.94 bits per heavy atom. The van der Waals surface area contributed by atoms with Gasteiger partial charge in [0.15, 0.2) is 0 Å². The highest BCUT2D eigenvalue weighted by atomic mass is 35.5. The molecule has 2 aromatic rings. The standard InChI is InChI=1S/C13H14ClN3O/c1-17-10-4-2-3-9(14)8(10)7-11(17)12-13(18)16-6-5-15-12/h2-4,7,12,15H,5-6H2,1H3,(H,16,18). The summed E-state index contributed by atoms with van der Waals surface area (Å²) in [4.78, 5) is 11.9. The Balaban J connectivity index is 2.14. The van der Waals surface area contributed by atoms with Gasteiger partial charge in [-0.1, -0.05) is 17.7 Å². The van der Waals surface area contributed by atoms with Crippen LogP contribution in [0, 0.1) is 0 Å². The van der Waals surface area contributed by atoms with E-state index < -0.39 is 0 Å². The van der Waals surface area contributed by atoms with Crippen molar-refractivity contribution >= 4 is 28.4 Å². The fourth-order valence-electron chi connectivity index (χ4n) is 2.46. The first-order valence-corrected chi connectivity index (χ1v) is 6.31. The molecule has 1 unspecified atom stereocenters. The number of carbonyl (C=O) groups is 1. The second-order valence-corrected chi connectivity index (χ2v) is 4.89. The number of fused-ring (bicyclic) bond motifs is 1. The third-order valence-corrected chi connectivity index (χ3v) is 3.73. The molecule has 1 saturated heterocycles. The smallest absolute Gasteiger partial charge is 0.243 e. The third kappa shape index (κ3) is 1.69. The summed E-state index contributed by atoms with van der Waals surface area (Å²) in [6, 6.07) is 7.48. The molecule has 94 valence electrons. The summed E-state index contributed by atoms with van der Waals surface area (Å²) in [6.45, 7) is 1.46. The maximum atomic E-state index is 11.9. The molecule has 0 aliphatic carbocycles. The molecule has 5 heteroatoms. The van der Waals surface area contributed by atoms with E-state index >= 15 is 0 Å². The molecule has 1 aliphatic heterocycles. The zero-order valence-corrected chi connectivity index (χ0v) is 10.8. The van der Waals surface area contributed by atoms with E-state index in [0.29, 0.717) is 11.6 Å². The van der Waals surface area contributed by atoms with E-state index in [-0.39, 0.29) is 11.9 Å². The number of hydrogen-bond donors (Lipinski definition) is 2. The number of piperazine rings is 1. The zero-order chi connectivity index (χ0) is 12.7. The molecule has 0 spiro atoms. The van der Waals surface area contributed by atoms with Gasteiger partial charge in [-0.2, -0.15) is 0 Å². The molecule has 0 saturated carbocycles. The lowest BCUT2D eigenvalue weighted by Gasteiger charge is -2.24. The van der Waals surface area contributed by atoms with E-state index in [9.17, 15) is 4.79 Å². The SMILES string of the molecule is Cn1c(C2NCCNC2=O)cc2c(Cl)cccc21. The molecule has 2 heterocycles. The first-order chi connectivity index (χ1) is 8.68. The summed E-state index contributed by atoms with van der Waals surface area (Å²) < 4.78 is 2.02. The van der Waals surface area contributed by atoms with Crippen molar-refractivity contribution in [2.75, 3.05) is 13.1 Å². The van der Waals surface area contributed by atoms with Crippen molar-refractivity contribution in [2.24, 2.45) is 7.05 Å². The lowest BCUT2D eigenvalue weighted by molar-refractivity contribution is -0.124. The van der Waals surface area contributed by atoms with Crippen LogP contribution in [0.25, 0.3) is 10.9 Å². The molecular weight excluding hydrogens is 250 g/mol. The van der Waals surface area contributed by atoms with E-state index in [1.807, 2.05) is 35.9 Å². The van der Waals surface area contributed by atoms with E-state index in [0.717, 1.165) is 23.1 Å². The van der Waals surface area contributed by atoms with Crippen LogP contribution < -0.4 is 10.6 Å². The monoisotopic (exact) mass is 263 g/mol. The van der Waals surface area contributed by atoms with Gasteiger partial charge < -0.3 is 9.88 Å². The summed E-state index contributed by atoms with van der Waals surface area (Å²) >= 11 is 6.18. The Hall–Kier alpha value is -1.52. The van der Waals surface area contributed by atoms with Crippen LogP contribution in [0.5, 0.6) is 0 Å². The van der Waals surface area contributed by atoms with Crippen LogP contribution in [-0.2, 0) is 11.8 Å². The Morgan fingerprint density at radius 2 is 2.22 bits per heavy atom. The lowest BCUT2D eigenvalue weighted by Crippen LogP contribution is -2.47. The third-order valence-electron chi connectivity index (χ3n) is 3.40. The molecule has 1 aromatic carbocycles. The minimum Gasteiger partial charge on any atom is -0.353 e. The summed E-state index contributed by atoms with van der Waals surface area (Å²) in [6.07, 6.45) is 0. The Kier molecular flexibility index (Phi) is 2.76. The molecule has 1 aliphatic rings. The zero-order valence-electron chi connectivity index (χ0n) is 10.0. The summed E-state index contributed by atoms with van der Waals surface area (Å²) in [5.41, 5.74) is 1.98. The Morgan fingerprint density at radius 1 is 1.39 bits per heavy atom. The van der Waals surface area contributed by atoms with Gasteiger partial charge in [0.25, 0.3) is 0 Å². The summed E-state index contributed by atoms with van der Waals surface area (Å²) in [5.74, 6) is 0.0169. The highest BCUT2D eigenvalue weighted by molar-refractivity contribution is 6.35. The van der Waals surface area contributed by atoms with Crippen LogP contribution >= 0.6 is 11.6 Å².